The molecule has 2 aromatic rings. The number of carbonyl (C=O) groups is 2. The van der Waals surface area contributed by atoms with Crippen LogP contribution in [0.1, 0.15) is 33.8 Å². The van der Waals surface area contributed by atoms with Crippen molar-refractivity contribution in [3.8, 4) is 11.1 Å². The summed E-state index contributed by atoms with van der Waals surface area (Å²) in [6, 6.07) is 7.51. The van der Waals surface area contributed by atoms with Gasteiger partial charge >= 0.3 is 5.88 Å². The monoisotopic (exact) mass is 402 g/mol. The highest BCUT2D eigenvalue weighted by Gasteiger charge is 2.24. The molecule has 154 valence electrons. The summed E-state index contributed by atoms with van der Waals surface area (Å²) in [5, 5.41) is 17.0. The maximum Gasteiger partial charge on any atom is 0.434 e. The minimum atomic E-state index is -0.928. The lowest BCUT2D eigenvalue weighted by molar-refractivity contribution is -0.402. The number of furan rings is 1. The summed E-state index contributed by atoms with van der Waals surface area (Å²) >= 11 is 0. The Labute approximate surface area is 166 Å². The summed E-state index contributed by atoms with van der Waals surface area (Å²) in [7, 11) is 0. The summed E-state index contributed by atoms with van der Waals surface area (Å²) in [6.45, 7) is 2.87. The molecule has 1 fully saturated rings. The summed E-state index contributed by atoms with van der Waals surface area (Å²) in [5.74, 6) is -2.13. The summed E-state index contributed by atoms with van der Waals surface area (Å²) in [6.07, 6.45) is 1.78. The Hall–Kier alpha value is -3.24. The molecule has 1 aliphatic heterocycles. The number of nitrogens with zero attached hydrogens (tertiary/aromatic N) is 1. The molecule has 0 bridgehead atoms. The first-order valence-electron chi connectivity index (χ1n) is 9.24. The first-order valence-corrected chi connectivity index (χ1v) is 9.24. The van der Waals surface area contributed by atoms with Crippen molar-refractivity contribution < 1.29 is 23.7 Å². The van der Waals surface area contributed by atoms with E-state index in [2.05, 4.69) is 10.6 Å². The Morgan fingerprint density at radius 2 is 2.17 bits per heavy atom. The fourth-order valence-corrected chi connectivity index (χ4v) is 3.13. The minimum absolute atomic E-state index is 0.160. The van der Waals surface area contributed by atoms with Crippen molar-refractivity contribution in [2.45, 2.75) is 18.9 Å². The van der Waals surface area contributed by atoms with Gasteiger partial charge in [-0.05, 0) is 30.5 Å². The SMILES string of the molecule is NC(=O)c1oc([N+](=O)[O-])cc1-c1cccc(C(=O)NCCCC2CNCCO2)c1. The van der Waals surface area contributed by atoms with Gasteiger partial charge in [-0.25, -0.2) is 0 Å². The largest absolute Gasteiger partial charge is 0.434 e. The van der Waals surface area contributed by atoms with Crippen LogP contribution in [-0.4, -0.2) is 49.1 Å². The molecule has 4 N–H and O–H groups in total. The Bertz CT molecular complexity index is 904. The quantitative estimate of drug-likeness (QED) is 0.343. The fourth-order valence-electron chi connectivity index (χ4n) is 3.13. The van der Waals surface area contributed by atoms with E-state index >= 15 is 0 Å². The van der Waals surface area contributed by atoms with Crippen molar-refractivity contribution in [3.05, 3.63) is 51.8 Å². The highest BCUT2D eigenvalue weighted by molar-refractivity contribution is 5.99. The molecule has 1 aromatic heterocycles. The van der Waals surface area contributed by atoms with Crippen molar-refractivity contribution in [1.82, 2.24) is 10.6 Å². The number of nitro groups is 1. The van der Waals surface area contributed by atoms with Gasteiger partial charge in [-0.3, -0.25) is 19.7 Å². The van der Waals surface area contributed by atoms with Gasteiger partial charge in [-0.15, -0.1) is 0 Å². The maximum absolute atomic E-state index is 12.4. The van der Waals surface area contributed by atoms with Crippen LogP contribution in [0.2, 0.25) is 0 Å². The van der Waals surface area contributed by atoms with Crippen LogP contribution in [0.3, 0.4) is 0 Å². The van der Waals surface area contributed by atoms with Crippen LogP contribution in [0.4, 0.5) is 5.88 Å². The molecule has 0 saturated carbocycles. The summed E-state index contributed by atoms with van der Waals surface area (Å²) < 4.78 is 10.6. The standard InChI is InChI=1S/C19H22N4O6/c20-18(24)17-15(10-16(29-17)23(26)27)12-3-1-4-13(9-12)19(25)22-6-2-5-14-11-21-7-8-28-14/h1,3-4,9-10,14,21H,2,5-8,11H2,(H2,20,24)(H,22,25). The molecular weight excluding hydrogens is 380 g/mol. The number of morpholine rings is 1. The number of carbonyl (C=O) groups excluding carboxylic acids is 2. The highest BCUT2D eigenvalue weighted by atomic mass is 16.6. The molecule has 2 heterocycles. The van der Waals surface area contributed by atoms with E-state index in [0.717, 1.165) is 32.0 Å². The number of primary amides is 1. The van der Waals surface area contributed by atoms with Crippen LogP contribution in [0.15, 0.2) is 34.7 Å². The predicted molar refractivity (Wildman–Crippen MR) is 103 cm³/mol. The second kappa shape index (κ2) is 9.30. The Morgan fingerprint density at radius 1 is 1.34 bits per heavy atom. The number of nitrogens with two attached hydrogens (primary N) is 1. The topological polar surface area (TPSA) is 150 Å². The number of nitrogens with one attached hydrogen (secondary N) is 2. The number of rotatable bonds is 8. The highest BCUT2D eigenvalue weighted by Crippen LogP contribution is 2.31. The van der Waals surface area contributed by atoms with Crippen LogP contribution >= 0.6 is 0 Å². The van der Waals surface area contributed by atoms with Crippen LogP contribution in [0.5, 0.6) is 0 Å². The molecule has 1 unspecified atom stereocenters. The molecule has 10 heteroatoms. The fraction of sp³-hybridized carbons (Fsp3) is 0.368. The number of benzene rings is 1. The third-order valence-electron chi connectivity index (χ3n) is 4.55. The second-order valence-corrected chi connectivity index (χ2v) is 6.62. The lowest BCUT2D eigenvalue weighted by Gasteiger charge is -2.23. The number of hydrogen-bond acceptors (Lipinski definition) is 7. The molecule has 10 nitrogen and oxygen atoms in total. The number of hydrogen-bond donors (Lipinski definition) is 3. The van der Waals surface area contributed by atoms with Gasteiger partial charge in [0.25, 0.3) is 11.8 Å². The predicted octanol–water partition coefficient (Wildman–Crippen LogP) is 1.45. The normalized spacial score (nSPS) is 16.3. The van der Waals surface area contributed by atoms with Crippen molar-refractivity contribution in [1.29, 1.82) is 0 Å². The van der Waals surface area contributed by atoms with Crippen molar-refractivity contribution >= 4 is 17.7 Å². The van der Waals surface area contributed by atoms with Crippen molar-refractivity contribution in [2.24, 2.45) is 5.73 Å². The molecule has 3 rings (SSSR count). The number of amides is 2. The molecule has 0 radical (unpaired) electrons. The Balaban J connectivity index is 1.65. The lowest BCUT2D eigenvalue weighted by Crippen LogP contribution is -2.38. The number of ether oxygens (including phenoxy) is 1. The van der Waals surface area contributed by atoms with Gasteiger partial charge in [0.15, 0.2) is 0 Å². The second-order valence-electron chi connectivity index (χ2n) is 6.62. The van der Waals surface area contributed by atoms with Gasteiger partial charge in [-0.2, -0.15) is 0 Å². The van der Waals surface area contributed by atoms with Crippen LogP contribution in [-0.2, 0) is 4.74 Å². The van der Waals surface area contributed by atoms with Crippen LogP contribution < -0.4 is 16.4 Å². The smallest absolute Gasteiger partial charge is 0.395 e. The van der Waals surface area contributed by atoms with E-state index in [1.807, 2.05) is 0 Å². The zero-order valence-electron chi connectivity index (χ0n) is 15.7. The average molecular weight is 402 g/mol. The van der Waals surface area contributed by atoms with E-state index in [0.29, 0.717) is 24.3 Å². The van der Waals surface area contributed by atoms with E-state index in [-0.39, 0.29) is 23.3 Å². The van der Waals surface area contributed by atoms with Gasteiger partial charge < -0.3 is 25.5 Å². The van der Waals surface area contributed by atoms with Crippen LogP contribution in [0, 0.1) is 10.1 Å². The third kappa shape index (κ3) is 5.18. The minimum Gasteiger partial charge on any atom is -0.395 e. The van der Waals surface area contributed by atoms with E-state index in [4.69, 9.17) is 14.9 Å². The zero-order valence-corrected chi connectivity index (χ0v) is 15.7. The summed E-state index contributed by atoms with van der Waals surface area (Å²) in [4.78, 5) is 34.2. The van der Waals surface area contributed by atoms with Gasteiger partial charge in [0.2, 0.25) is 5.76 Å². The maximum atomic E-state index is 12.4. The molecule has 1 aliphatic rings. The molecular formula is C19H22N4O6. The third-order valence-corrected chi connectivity index (χ3v) is 4.55. The van der Waals surface area contributed by atoms with Gasteiger partial charge in [0.05, 0.1) is 18.8 Å². The van der Waals surface area contributed by atoms with E-state index < -0.39 is 16.7 Å². The average Bonchev–Trinajstić information content (AvgIpc) is 3.18. The van der Waals surface area contributed by atoms with Crippen molar-refractivity contribution in [2.75, 3.05) is 26.2 Å². The molecule has 1 atom stereocenters. The lowest BCUT2D eigenvalue weighted by atomic mass is 10.0. The first-order chi connectivity index (χ1) is 14.0. The van der Waals surface area contributed by atoms with Gasteiger partial charge in [0.1, 0.15) is 4.92 Å². The zero-order chi connectivity index (χ0) is 20.8. The van der Waals surface area contributed by atoms with E-state index in [1.165, 1.54) is 6.07 Å². The molecule has 0 spiro atoms. The van der Waals surface area contributed by atoms with E-state index in [9.17, 15) is 19.7 Å². The van der Waals surface area contributed by atoms with Crippen LogP contribution in [0.25, 0.3) is 11.1 Å². The molecule has 1 saturated heterocycles. The molecule has 2 amide bonds. The van der Waals surface area contributed by atoms with Crippen molar-refractivity contribution in [3.63, 3.8) is 0 Å². The molecule has 1 aromatic carbocycles. The molecule has 29 heavy (non-hydrogen) atoms. The first kappa shape index (κ1) is 20.5. The van der Waals surface area contributed by atoms with Gasteiger partial charge in [-0.1, -0.05) is 12.1 Å². The Kier molecular flexibility index (Phi) is 6.57. The van der Waals surface area contributed by atoms with E-state index in [1.54, 1.807) is 18.2 Å². The Morgan fingerprint density at radius 3 is 2.86 bits per heavy atom. The summed E-state index contributed by atoms with van der Waals surface area (Å²) in [5.41, 5.74) is 6.20. The molecule has 0 aliphatic carbocycles. The van der Waals surface area contributed by atoms with Gasteiger partial charge in [0, 0.05) is 30.8 Å².